The van der Waals surface area contributed by atoms with Gasteiger partial charge in [-0.15, -0.1) is 0 Å². The van der Waals surface area contributed by atoms with Crippen molar-refractivity contribution >= 4 is 28.8 Å². The van der Waals surface area contributed by atoms with E-state index in [4.69, 9.17) is 9.97 Å². The monoisotopic (exact) mass is 469 g/mol. The van der Waals surface area contributed by atoms with Gasteiger partial charge in [0.05, 0.1) is 6.33 Å². The van der Waals surface area contributed by atoms with Crippen LogP contribution >= 0.6 is 0 Å². The highest BCUT2D eigenvalue weighted by molar-refractivity contribution is 5.84. The summed E-state index contributed by atoms with van der Waals surface area (Å²) in [7, 11) is 1.94. The summed E-state index contributed by atoms with van der Waals surface area (Å²) in [4.78, 5) is 25.4. The first-order valence-electron chi connectivity index (χ1n) is 12.2. The minimum absolute atomic E-state index is 0.0387. The molecule has 1 aliphatic carbocycles. The lowest BCUT2D eigenvalue weighted by Crippen LogP contribution is -2.39. The molecule has 1 amide bonds. The van der Waals surface area contributed by atoms with Crippen molar-refractivity contribution in [3.05, 3.63) is 66.5 Å². The number of imidazole rings is 1. The lowest BCUT2D eigenvalue weighted by Gasteiger charge is -2.29. The molecule has 1 aliphatic rings. The number of nitrogens with zero attached hydrogens (tertiary/aromatic N) is 4. The molecule has 4 aromatic rings. The number of hydrogen-bond donors (Lipinski definition) is 3. The molecular weight excluding hydrogens is 438 g/mol. The van der Waals surface area contributed by atoms with Crippen molar-refractivity contribution in [3.8, 4) is 11.1 Å². The van der Waals surface area contributed by atoms with Crippen LogP contribution in [0.3, 0.4) is 0 Å². The van der Waals surface area contributed by atoms with Gasteiger partial charge in [-0.3, -0.25) is 4.79 Å². The van der Waals surface area contributed by atoms with Crippen molar-refractivity contribution in [2.75, 3.05) is 10.6 Å². The Balaban J connectivity index is 1.28. The Labute approximate surface area is 205 Å². The van der Waals surface area contributed by atoms with Gasteiger partial charge < -0.3 is 20.5 Å². The lowest BCUT2D eigenvalue weighted by molar-refractivity contribution is -0.119. The third kappa shape index (κ3) is 5.42. The van der Waals surface area contributed by atoms with Gasteiger partial charge in [-0.2, -0.15) is 9.97 Å². The molecular formula is C27H31N7O. The average molecular weight is 470 g/mol. The number of carbonyl (C=O) groups is 1. The standard InChI is InChI=1S/C27H31N7O/c1-18(35)30-22-12-14-23(15-13-22)31-27-32-25(24-26(33-27)34(2)17-29-24)28-16-19-8-10-21(11-9-19)20-6-4-3-5-7-20/h3-11,17,22-23H,12-16H2,1-2H3,(H,30,35)(H2,28,31,32,33). The van der Waals surface area contributed by atoms with Crippen molar-refractivity contribution in [1.29, 1.82) is 0 Å². The zero-order chi connectivity index (χ0) is 24.2. The van der Waals surface area contributed by atoms with Gasteiger partial charge in [-0.05, 0) is 42.4 Å². The molecule has 35 heavy (non-hydrogen) atoms. The van der Waals surface area contributed by atoms with E-state index < -0.39 is 0 Å². The van der Waals surface area contributed by atoms with Crippen LogP contribution in [0.1, 0.15) is 38.2 Å². The highest BCUT2D eigenvalue weighted by Gasteiger charge is 2.23. The van der Waals surface area contributed by atoms with E-state index in [0.29, 0.717) is 12.5 Å². The predicted octanol–water partition coefficient (Wildman–Crippen LogP) is 4.50. The first-order valence-corrected chi connectivity index (χ1v) is 12.2. The first kappa shape index (κ1) is 22.8. The van der Waals surface area contributed by atoms with Crippen LogP contribution in [0.25, 0.3) is 22.3 Å². The minimum atomic E-state index is 0.0387. The van der Waals surface area contributed by atoms with Gasteiger partial charge in [0.2, 0.25) is 11.9 Å². The highest BCUT2D eigenvalue weighted by Crippen LogP contribution is 2.25. The number of hydrogen-bond acceptors (Lipinski definition) is 6. The summed E-state index contributed by atoms with van der Waals surface area (Å²) in [6.45, 7) is 2.21. The van der Waals surface area contributed by atoms with Crippen molar-refractivity contribution in [2.24, 2.45) is 7.05 Å². The minimum Gasteiger partial charge on any atom is -0.364 e. The van der Waals surface area contributed by atoms with Gasteiger partial charge in [-0.25, -0.2) is 4.98 Å². The average Bonchev–Trinajstić information content (AvgIpc) is 3.25. The Morgan fingerprint density at radius 2 is 1.63 bits per heavy atom. The zero-order valence-corrected chi connectivity index (χ0v) is 20.2. The van der Waals surface area contributed by atoms with Crippen LogP contribution in [0.15, 0.2) is 60.9 Å². The Morgan fingerprint density at radius 3 is 2.34 bits per heavy atom. The first-order chi connectivity index (χ1) is 17.0. The predicted molar refractivity (Wildman–Crippen MR) is 139 cm³/mol. The Hall–Kier alpha value is -3.94. The highest BCUT2D eigenvalue weighted by atomic mass is 16.1. The molecule has 3 N–H and O–H groups in total. The van der Waals surface area contributed by atoms with Gasteiger partial charge in [0.15, 0.2) is 17.0 Å². The second-order valence-corrected chi connectivity index (χ2v) is 9.23. The Morgan fingerprint density at radius 1 is 0.943 bits per heavy atom. The van der Waals surface area contributed by atoms with Gasteiger partial charge in [0.25, 0.3) is 0 Å². The number of aryl methyl sites for hydroxylation is 1. The smallest absolute Gasteiger partial charge is 0.227 e. The van der Waals surface area contributed by atoms with Gasteiger partial charge in [0.1, 0.15) is 0 Å². The maximum Gasteiger partial charge on any atom is 0.227 e. The Bertz CT molecular complexity index is 1290. The molecule has 1 saturated carbocycles. The molecule has 0 radical (unpaired) electrons. The van der Waals surface area contributed by atoms with Crippen LogP contribution in [0.5, 0.6) is 0 Å². The van der Waals surface area contributed by atoms with E-state index in [9.17, 15) is 4.79 Å². The summed E-state index contributed by atoms with van der Waals surface area (Å²) in [5.41, 5.74) is 5.12. The summed E-state index contributed by atoms with van der Waals surface area (Å²) in [5, 5.41) is 10.0. The second kappa shape index (κ2) is 10.1. The van der Waals surface area contributed by atoms with Crippen LogP contribution in [-0.2, 0) is 18.4 Å². The SMILES string of the molecule is CC(=O)NC1CCC(Nc2nc(NCc3ccc(-c4ccccc4)cc3)c3ncn(C)c3n2)CC1. The third-order valence-corrected chi connectivity index (χ3v) is 6.55. The number of aromatic nitrogens is 4. The Kier molecular flexibility index (Phi) is 6.61. The van der Waals surface area contributed by atoms with Crippen LogP contribution in [0, 0.1) is 0 Å². The van der Waals surface area contributed by atoms with E-state index in [1.165, 1.54) is 11.1 Å². The fourth-order valence-corrected chi connectivity index (χ4v) is 4.68. The van der Waals surface area contributed by atoms with Crippen LogP contribution in [-0.4, -0.2) is 37.5 Å². The summed E-state index contributed by atoms with van der Waals surface area (Å²) < 4.78 is 1.91. The summed E-state index contributed by atoms with van der Waals surface area (Å²) in [6.07, 6.45) is 5.61. The van der Waals surface area contributed by atoms with Gasteiger partial charge in [0, 0.05) is 32.6 Å². The number of amides is 1. The summed E-state index contributed by atoms with van der Waals surface area (Å²) in [5.74, 6) is 1.36. The molecule has 0 unspecified atom stereocenters. The van der Waals surface area contributed by atoms with Crippen LogP contribution < -0.4 is 16.0 Å². The van der Waals surface area contributed by atoms with Crippen LogP contribution in [0.2, 0.25) is 0 Å². The van der Waals surface area contributed by atoms with Crippen molar-refractivity contribution in [1.82, 2.24) is 24.8 Å². The number of nitrogens with one attached hydrogen (secondary N) is 3. The molecule has 0 spiro atoms. The summed E-state index contributed by atoms with van der Waals surface area (Å²) >= 11 is 0. The lowest BCUT2D eigenvalue weighted by atomic mass is 9.91. The molecule has 0 saturated heterocycles. The van der Waals surface area contributed by atoms with Crippen molar-refractivity contribution in [2.45, 2.75) is 51.2 Å². The molecule has 8 nitrogen and oxygen atoms in total. The maximum absolute atomic E-state index is 11.3. The molecule has 0 aliphatic heterocycles. The van der Waals surface area contributed by atoms with Crippen molar-refractivity contribution in [3.63, 3.8) is 0 Å². The number of carbonyl (C=O) groups excluding carboxylic acids is 1. The largest absolute Gasteiger partial charge is 0.364 e. The van der Waals surface area contributed by atoms with E-state index in [2.05, 4.69) is 69.5 Å². The summed E-state index contributed by atoms with van der Waals surface area (Å²) in [6, 6.07) is 19.5. The molecule has 2 aromatic carbocycles. The molecule has 2 aromatic heterocycles. The molecule has 8 heteroatoms. The van der Waals surface area contributed by atoms with Gasteiger partial charge in [-0.1, -0.05) is 54.6 Å². The molecule has 0 atom stereocenters. The van der Waals surface area contributed by atoms with E-state index in [0.717, 1.165) is 48.2 Å². The molecule has 1 fully saturated rings. The fraction of sp³-hybridized carbons (Fsp3) is 0.333. The number of anilines is 2. The maximum atomic E-state index is 11.3. The van der Waals surface area contributed by atoms with E-state index in [1.807, 2.05) is 17.7 Å². The fourth-order valence-electron chi connectivity index (χ4n) is 4.68. The third-order valence-electron chi connectivity index (χ3n) is 6.55. The van der Waals surface area contributed by atoms with E-state index >= 15 is 0 Å². The number of benzene rings is 2. The van der Waals surface area contributed by atoms with Crippen LogP contribution in [0.4, 0.5) is 11.8 Å². The topological polar surface area (TPSA) is 96.8 Å². The van der Waals surface area contributed by atoms with Crippen molar-refractivity contribution < 1.29 is 4.79 Å². The second-order valence-electron chi connectivity index (χ2n) is 9.23. The van der Waals surface area contributed by atoms with E-state index in [-0.39, 0.29) is 18.0 Å². The normalized spacial score (nSPS) is 17.8. The number of rotatable bonds is 7. The molecule has 5 rings (SSSR count). The molecule has 180 valence electrons. The zero-order valence-electron chi connectivity index (χ0n) is 20.2. The number of fused-ring (bicyclic) bond motifs is 1. The molecule has 2 heterocycles. The quantitative estimate of drug-likeness (QED) is 0.369. The van der Waals surface area contributed by atoms with Gasteiger partial charge >= 0.3 is 0 Å². The van der Waals surface area contributed by atoms with E-state index in [1.54, 1.807) is 13.3 Å². The molecule has 0 bridgehead atoms.